The van der Waals surface area contributed by atoms with Crippen LogP contribution in [0.2, 0.25) is 0 Å². The number of aliphatic hydroxyl groups excluding tert-OH is 1. The molecule has 5 heteroatoms. The van der Waals surface area contributed by atoms with Gasteiger partial charge >= 0.3 is 0 Å². The molecule has 0 aliphatic heterocycles. The van der Waals surface area contributed by atoms with Crippen molar-refractivity contribution < 1.29 is 14.6 Å². The zero-order valence-corrected chi connectivity index (χ0v) is 12.5. The number of hydrogen-bond donors (Lipinski definition) is 1. The van der Waals surface area contributed by atoms with E-state index in [1.807, 2.05) is 32.0 Å². The minimum absolute atomic E-state index is 0.560. The Bertz CT molecular complexity index is 528. The van der Waals surface area contributed by atoms with Crippen molar-refractivity contribution in [3.05, 3.63) is 40.3 Å². The molecule has 108 valence electrons. The van der Waals surface area contributed by atoms with Crippen molar-refractivity contribution in [2.24, 2.45) is 0 Å². The van der Waals surface area contributed by atoms with Gasteiger partial charge in [0.15, 0.2) is 11.5 Å². The molecule has 1 N–H and O–H groups in total. The fraction of sp³-hybridized carbons (Fsp3) is 0.400. The first-order chi connectivity index (χ1) is 9.74. The predicted molar refractivity (Wildman–Crippen MR) is 79.6 cm³/mol. The fourth-order valence-electron chi connectivity index (χ4n) is 1.93. The van der Waals surface area contributed by atoms with Gasteiger partial charge in [-0.25, -0.2) is 0 Å². The summed E-state index contributed by atoms with van der Waals surface area (Å²) in [5.41, 5.74) is 2.59. The number of thiazole rings is 1. The summed E-state index contributed by atoms with van der Waals surface area (Å²) in [6, 6.07) is 5.57. The molecule has 0 aliphatic rings. The van der Waals surface area contributed by atoms with Gasteiger partial charge in [-0.05, 0) is 31.5 Å². The highest BCUT2D eigenvalue weighted by molar-refractivity contribution is 7.09. The van der Waals surface area contributed by atoms with E-state index in [2.05, 4.69) is 4.98 Å². The Labute approximate surface area is 123 Å². The van der Waals surface area contributed by atoms with Crippen molar-refractivity contribution in [3.63, 3.8) is 0 Å². The van der Waals surface area contributed by atoms with Crippen LogP contribution in [0.5, 0.6) is 11.5 Å². The summed E-state index contributed by atoms with van der Waals surface area (Å²) in [7, 11) is 0. The number of aromatic nitrogens is 1. The number of nitrogens with zero attached hydrogens (tertiary/aromatic N) is 1. The van der Waals surface area contributed by atoms with Crippen molar-refractivity contribution >= 4 is 11.3 Å². The molecule has 0 spiro atoms. The summed E-state index contributed by atoms with van der Waals surface area (Å²) in [6.07, 6.45) is 1.78. The maximum Gasteiger partial charge on any atom is 0.161 e. The van der Waals surface area contributed by atoms with Crippen molar-refractivity contribution in [2.75, 3.05) is 13.2 Å². The van der Waals surface area contributed by atoms with Crippen LogP contribution in [0.25, 0.3) is 0 Å². The normalized spacial score (nSPS) is 12.2. The van der Waals surface area contributed by atoms with Gasteiger partial charge in [-0.2, -0.15) is 0 Å². The zero-order chi connectivity index (χ0) is 14.4. The van der Waals surface area contributed by atoms with Crippen LogP contribution in [-0.2, 0) is 6.42 Å². The van der Waals surface area contributed by atoms with E-state index in [1.54, 1.807) is 23.0 Å². The predicted octanol–water partition coefficient (Wildman–Crippen LogP) is 3.22. The first-order valence-electron chi connectivity index (χ1n) is 6.69. The molecule has 1 aromatic carbocycles. The standard InChI is InChI=1S/C15H19NO3S/c1-3-18-14-6-5-11(7-15(14)19-4-2)13(17)8-12-9-16-10-20-12/h5-7,9-10,13,17H,3-4,8H2,1-2H3. The van der Waals surface area contributed by atoms with Gasteiger partial charge in [0.2, 0.25) is 0 Å². The van der Waals surface area contributed by atoms with Gasteiger partial charge in [0.05, 0.1) is 24.8 Å². The molecule has 0 bridgehead atoms. The van der Waals surface area contributed by atoms with Crippen LogP contribution in [-0.4, -0.2) is 23.3 Å². The molecule has 20 heavy (non-hydrogen) atoms. The molecule has 0 fully saturated rings. The van der Waals surface area contributed by atoms with E-state index < -0.39 is 6.10 Å². The van der Waals surface area contributed by atoms with Crippen LogP contribution < -0.4 is 9.47 Å². The van der Waals surface area contributed by atoms with E-state index in [-0.39, 0.29) is 0 Å². The molecule has 0 amide bonds. The molecule has 4 nitrogen and oxygen atoms in total. The van der Waals surface area contributed by atoms with Crippen molar-refractivity contribution in [2.45, 2.75) is 26.4 Å². The van der Waals surface area contributed by atoms with Crippen LogP contribution in [0.4, 0.5) is 0 Å². The molecule has 0 saturated heterocycles. The molecule has 1 heterocycles. The Kier molecular flexibility index (Phi) is 5.38. The Hall–Kier alpha value is -1.59. The number of benzene rings is 1. The minimum atomic E-state index is -0.565. The highest BCUT2D eigenvalue weighted by Gasteiger charge is 2.13. The maximum absolute atomic E-state index is 10.3. The summed E-state index contributed by atoms with van der Waals surface area (Å²) < 4.78 is 11.1. The summed E-state index contributed by atoms with van der Waals surface area (Å²) in [5, 5.41) is 10.3. The van der Waals surface area contributed by atoms with Crippen molar-refractivity contribution in [1.82, 2.24) is 4.98 Å². The highest BCUT2D eigenvalue weighted by atomic mass is 32.1. The number of hydrogen-bond acceptors (Lipinski definition) is 5. The lowest BCUT2D eigenvalue weighted by Gasteiger charge is -2.15. The monoisotopic (exact) mass is 293 g/mol. The molecule has 2 aromatic rings. The average Bonchev–Trinajstić information content (AvgIpc) is 2.94. The maximum atomic E-state index is 10.3. The second kappa shape index (κ2) is 7.26. The van der Waals surface area contributed by atoms with Crippen LogP contribution in [0, 0.1) is 0 Å². The third-order valence-electron chi connectivity index (χ3n) is 2.83. The molecular formula is C15H19NO3S. The number of ether oxygens (including phenoxy) is 2. The summed E-state index contributed by atoms with van der Waals surface area (Å²) in [6.45, 7) is 5.01. The lowest BCUT2D eigenvalue weighted by atomic mass is 10.1. The summed E-state index contributed by atoms with van der Waals surface area (Å²) in [4.78, 5) is 5.08. The minimum Gasteiger partial charge on any atom is -0.490 e. The molecule has 1 aromatic heterocycles. The Balaban J connectivity index is 2.16. The third-order valence-corrected chi connectivity index (χ3v) is 3.63. The molecule has 1 atom stereocenters. The molecule has 0 saturated carbocycles. The van der Waals surface area contributed by atoms with Crippen LogP contribution in [0.3, 0.4) is 0 Å². The van der Waals surface area contributed by atoms with Crippen LogP contribution in [0.15, 0.2) is 29.9 Å². The quantitative estimate of drug-likeness (QED) is 0.851. The van der Waals surface area contributed by atoms with E-state index in [0.29, 0.717) is 31.1 Å². The fourth-order valence-corrected chi connectivity index (χ4v) is 2.56. The Morgan fingerprint density at radius 2 is 1.95 bits per heavy atom. The van der Waals surface area contributed by atoms with Crippen molar-refractivity contribution in [3.8, 4) is 11.5 Å². The second-order valence-electron chi connectivity index (χ2n) is 4.26. The second-order valence-corrected chi connectivity index (χ2v) is 5.23. The average molecular weight is 293 g/mol. The number of aliphatic hydroxyl groups is 1. The van der Waals surface area contributed by atoms with Gasteiger partial charge < -0.3 is 14.6 Å². The van der Waals surface area contributed by atoms with E-state index in [4.69, 9.17) is 9.47 Å². The molecular weight excluding hydrogens is 274 g/mol. The largest absolute Gasteiger partial charge is 0.490 e. The smallest absolute Gasteiger partial charge is 0.161 e. The van der Waals surface area contributed by atoms with Gasteiger partial charge in [-0.1, -0.05) is 6.07 Å². The van der Waals surface area contributed by atoms with Crippen molar-refractivity contribution in [1.29, 1.82) is 0 Å². The van der Waals surface area contributed by atoms with Gasteiger partial charge in [-0.15, -0.1) is 11.3 Å². The van der Waals surface area contributed by atoms with E-state index >= 15 is 0 Å². The Morgan fingerprint density at radius 3 is 2.60 bits per heavy atom. The number of rotatable bonds is 7. The van der Waals surface area contributed by atoms with E-state index in [1.165, 1.54) is 0 Å². The zero-order valence-electron chi connectivity index (χ0n) is 11.7. The first-order valence-corrected chi connectivity index (χ1v) is 7.57. The van der Waals surface area contributed by atoms with Gasteiger partial charge in [0.25, 0.3) is 0 Å². The van der Waals surface area contributed by atoms with Gasteiger partial charge in [0, 0.05) is 17.5 Å². The molecule has 0 radical (unpaired) electrons. The van der Waals surface area contributed by atoms with E-state index in [0.717, 1.165) is 10.4 Å². The van der Waals surface area contributed by atoms with E-state index in [9.17, 15) is 5.11 Å². The third kappa shape index (κ3) is 3.71. The Morgan fingerprint density at radius 1 is 1.20 bits per heavy atom. The topological polar surface area (TPSA) is 51.6 Å². The SMILES string of the molecule is CCOc1ccc(C(O)Cc2cncs2)cc1OCC. The molecule has 1 unspecified atom stereocenters. The van der Waals surface area contributed by atoms with Crippen LogP contribution in [0.1, 0.15) is 30.4 Å². The molecule has 0 aliphatic carbocycles. The lowest BCUT2D eigenvalue weighted by Crippen LogP contribution is -2.03. The molecule has 2 rings (SSSR count). The highest BCUT2D eigenvalue weighted by Crippen LogP contribution is 2.32. The first kappa shape index (κ1) is 14.8. The van der Waals surface area contributed by atoms with Gasteiger partial charge in [-0.3, -0.25) is 4.98 Å². The van der Waals surface area contributed by atoms with Gasteiger partial charge in [0.1, 0.15) is 0 Å². The van der Waals surface area contributed by atoms with Crippen LogP contribution >= 0.6 is 11.3 Å². The lowest BCUT2D eigenvalue weighted by molar-refractivity contribution is 0.178. The summed E-state index contributed by atoms with van der Waals surface area (Å²) in [5.74, 6) is 1.39. The summed E-state index contributed by atoms with van der Waals surface area (Å²) >= 11 is 1.54.